The molecule has 118 valence electrons. The third-order valence-corrected chi connectivity index (χ3v) is 5.09. The average Bonchev–Trinajstić information content (AvgIpc) is 3.23. The molecule has 1 fully saturated rings. The molecule has 0 spiro atoms. The van der Waals surface area contributed by atoms with E-state index in [1.807, 2.05) is 23.4 Å². The van der Waals surface area contributed by atoms with Gasteiger partial charge in [0.25, 0.3) is 5.91 Å². The van der Waals surface area contributed by atoms with Gasteiger partial charge in [-0.1, -0.05) is 0 Å². The number of carbonyl (C=O) groups excluding carboxylic acids is 1. The van der Waals surface area contributed by atoms with Crippen LogP contribution in [0, 0.1) is 5.92 Å². The number of hydrogen-bond acceptors (Lipinski definition) is 5. The second kappa shape index (κ2) is 7.07. The number of rotatable bonds is 5. The SMILES string of the molecule is CNCCC1CCN(C(=O)c2csc(-c3ccoc3)n2)CC1. The Labute approximate surface area is 134 Å². The van der Waals surface area contributed by atoms with E-state index in [1.54, 1.807) is 12.5 Å². The fourth-order valence-corrected chi connectivity index (χ4v) is 3.61. The van der Waals surface area contributed by atoms with Crippen molar-refractivity contribution in [1.29, 1.82) is 0 Å². The summed E-state index contributed by atoms with van der Waals surface area (Å²) in [4.78, 5) is 18.9. The maximum absolute atomic E-state index is 12.5. The topological polar surface area (TPSA) is 58.4 Å². The van der Waals surface area contributed by atoms with Crippen molar-refractivity contribution in [2.45, 2.75) is 19.3 Å². The van der Waals surface area contributed by atoms with E-state index in [0.717, 1.165) is 49.0 Å². The first kappa shape index (κ1) is 15.2. The lowest BCUT2D eigenvalue weighted by atomic mass is 9.93. The van der Waals surface area contributed by atoms with Gasteiger partial charge in [-0.2, -0.15) is 0 Å². The van der Waals surface area contributed by atoms with Gasteiger partial charge in [0.05, 0.1) is 6.26 Å². The highest BCUT2D eigenvalue weighted by molar-refractivity contribution is 7.13. The molecule has 6 heteroatoms. The van der Waals surface area contributed by atoms with E-state index in [-0.39, 0.29) is 5.91 Å². The summed E-state index contributed by atoms with van der Waals surface area (Å²) in [7, 11) is 1.98. The van der Waals surface area contributed by atoms with Crippen molar-refractivity contribution < 1.29 is 9.21 Å². The van der Waals surface area contributed by atoms with Crippen LogP contribution in [0.15, 0.2) is 28.4 Å². The van der Waals surface area contributed by atoms with Gasteiger partial charge in [-0.25, -0.2) is 4.98 Å². The minimum absolute atomic E-state index is 0.0538. The summed E-state index contributed by atoms with van der Waals surface area (Å²) in [6.45, 7) is 2.73. The monoisotopic (exact) mass is 319 g/mol. The van der Waals surface area contributed by atoms with E-state index in [1.165, 1.54) is 17.8 Å². The Balaban J connectivity index is 1.58. The Kier molecular flexibility index (Phi) is 4.90. The Morgan fingerprint density at radius 2 is 2.32 bits per heavy atom. The van der Waals surface area contributed by atoms with E-state index >= 15 is 0 Å². The zero-order chi connectivity index (χ0) is 15.4. The van der Waals surface area contributed by atoms with Gasteiger partial charge in [-0.05, 0) is 44.8 Å². The van der Waals surface area contributed by atoms with Crippen LogP contribution in [0.4, 0.5) is 0 Å². The molecule has 0 aliphatic carbocycles. The molecule has 1 saturated heterocycles. The van der Waals surface area contributed by atoms with Crippen LogP contribution in [-0.2, 0) is 0 Å². The fraction of sp³-hybridized carbons (Fsp3) is 0.500. The number of nitrogens with zero attached hydrogens (tertiary/aromatic N) is 2. The number of piperidine rings is 1. The van der Waals surface area contributed by atoms with Crippen molar-refractivity contribution in [2.24, 2.45) is 5.92 Å². The lowest BCUT2D eigenvalue weighted by Gasteiger charge is -2.31. The number of likely N-dealkylation sites (tertiary alicyclic amines) is 1. The summed E-state index contributed by atoms with van der Waals surface area (Å²) in [5.41, 5.74) is 1.48. The zero-order valence-electron chi connectivity index (χ0n) is 12.7. The average molecular weight is 319 g/mol. The third kappa shape index (κ3) is 3.39. The summed E-state index contributed by atoms with van der Waals surface area (Å²) < 4.78 is 5.07. The molecule has 0 aromatic carbocycles. The number of nitrogens with one attached hydrogen (secondary N) is 1. The number of aromatic nitrogens is 1. The molecule has 1 aliphatic rings. The number of thiazole rings is 1. The highest BCUT2D eigenvalue weighted by Crippen LogP contribution is 2.26. The van der Waals surface area contributed by atoms with Gasteiger partial charge >= 0.3 is 0 Å². The predicted molar refractivity (Wildman–Crippen MR) is 87.0 cm³/mol. The molecule has 0 bridgehead atoms. The van der Waals surface area contributed by atoms with E-state index in [2.05, 4.69) is 10.3 Å². The summed E-state index contributed by atoms with van der Waals surface area (Å²) in [6, 6.07) is 1.86. The molecular formula is C16H21N3O2S. The van der Waals surface area contributed by atoms with Crippen LogP contribution in [0.1, 0.15) is 29.8 Å². The van der Waals surface area contributed by atoms with E-state index in [9.17, 15) is 4.79 Å². The molecule has 1 amide bonds. The van der Waals surface area contributed by atoms with Crippen molar-refractivity contribution in [3.8, 4) is 10.6 Å². The summed E-state index contributed by atoms with van der Waals surface area (Å²) in [5, 5.41) is 5.87. The Morgan fingerprint density at radius 1 is 1.50 bits per heavy atom. The molecule has 1 N–H and O–H groups in total. The Hall–Kier alpha value is -1.66. The molecular weight excluding hydrogens is 298 g/mol. The first-order valence-corrected chi connectivity index (χ1v) is 8.58. The smallest absolute Gasteiger partial charge is 0.273 e. The quantitative estimate of drug-likeness (QED) is 0.920. The largest absolute Gasteiger partial charge is 0.472 e. The fourth-order valence-electron chi connectivity index (χ4n) is 2.83. The highest BCUT2D eigenvalue weighted by Gasteiger charge is 2.25. The highest BCUT2D eigenvalue weighted by atomic mass is 32.1. The normalized spacial score (nSPS) is 16.1. The molecule has 3 heterocycles. The second-order valence-electron chi connectivity index (χ2n) is 5.68. The molecule has 2 aromatic rings. The van der Waals surface area contributed by atoms with Crippen LogP contribution in [0.25, 0.3) is 10.6 Å². The van der Waals surface area contributed by atoms with E-state index < -0.39 is 0 Å². The summed E-state index contributed by atoms with van der Waals surface area (Å²) in [6.07, 6.45) is 6.65. The molecule has 0 atom stereocenters. The van der Waals surface area contributed by atoms with Crippen molar-refractivity contribution in [3.05, 3.63) is 29.7 Å². The van der Waals surface area contributed by atoms with Crippen LogP contribution in [-0.4, -0.2) is 42.5 Å². The lowest BCUT2D eigenvalue weighted by molar-refractivity contribution is 0.0682. The van der Waals surface area contributed by atoms with Crippen molar-refractivity contribution in [1.82, 2.24) is 15.2 Å². The number of carbonyl (C=O) groups is 1. The first-order chi connectivity index (χ1) is 10.8. The predicted octanol–water partition coefficient (Wildman–Crippen LogP) is 2.86. The molecule has 0 radical (unpaired) electrons. The summed E-state index contributed by atoms with van der Waals surface area (Å²) >= 11 is 1.48. The van der Waals surface area contributed by atoms with Crippen LogP contribution < -0.4 is 5.32 Å². The molecule has 0 saturated carbocycles. The molecule has 1 aliphatic heterocycles. The van der Waals surface area contributed by atoms with Crippen molar-refractivity contribution >= 4 is 17.2 Å². The minimum Gasteiger partial charge on any atom is -0.472 e. The van der Waals surface area contributed by atoms with E-state index in [0.29, 0.717) is 5.69 Å². The number of amides is 1. The summed E-state index contributed by atoms with van der Waals surface area (Å²) in [5.74, 6) is 0.784. The van der Waals surface area contributed by atoms with Gasteiger partial charge in [0.2, 0.25) is 0 Å². The van der Waals surface area contributed by atoms with Gasteiger partial charge in [-0.3, -0.25) is 4.79 Å². The molecule has 22 heavy (non-hydrogen) atoms. The number of hydrogen-bond donors (Lipinski definition) is 1. The molecule has 3 rings (SSSR count). The Morgan fingerprint density at radius 3 is 3.00 bits per heavy atom. The second-order valence-corrected chi connectivity index (χ2v) is 6.54. The van der Waals surface area contributed by atoms with Gasteiger partial charge in [0.15, 0.2) is 0 Å². The molecule has 2 aromatic heterocycles. The van der Waals surface area contributed by atoms with Gasteiger partial charge in [-0.15, -0.1) is 11.3 Å². The van der Waals surface area contributed by atoms with Crippen molar-refractivity contribution in [2.75, 3.05) is 26.7 Å². The first-order valence-electron chi connectivity index (χ1n) is 7.70. The van der Waals surface area contributed by atoms with Crippen LogP contribution in [0.3, 0.4) is 0 Å². The maximum Gasteiger partial charge on any atom is 0.273 e. The molecule has 5 nitrogen and oxygen atoms in total. The van der Waals surface area contributed by atoms with Crippen LogP contribution in [0.2, 0.25) is 0 Å². The van der Waals surface area contributed by atoms with Crippen LogP contribution in [0.5, 0.6) is 0 Å². The van der Waals surface area contributed by atoms with Crippen molar-refractivity contribution in [3.63, 3.8) is 0 Å². The maximum atomic E-state index is 12.5. The van der Waals surface area contributed by atoms with Crippen LogP contribution >= 0.6 is 11.3 Å². The zero-order valence-corrected chi connectivity index (χ0v) is 13.6. The van der Waals surface area contributed by atoms with Gasteiger partial charge < -0.3 is 14.6 Å². The minimum atomic E-state index is 0.0538. The van der Waals surface area contributed by atoms with Gasteiger partial charge in [0, 0.05) is 24.0 Å². The standard InChI is InChI=1S/C16H21N3O2S/c1-17-6-2-12-3-7-19(8-4-12)16(20)14-11-22-15(18-14)13-5-9-21-10-13/h5,9-12,17H,2-4,6-8H2,1H3. The molecule has 0 unspecified atom stereocenters. The third-order valence-electron chi connectivity index (χ3n) is 4.20. The van der Waals surface area contributed by atoms with Gasteiger partial charge in [0.1, 0.15) is 17.0 Å². The van der Waals surface area contributed by atoms with E-state index in [4.69, 9.17) is 4.42 Å². The Bertz CT molecular complexity index is 601. The lowest BCUT2D eigenvalue weighted by Crippen LogP contribution is -2.39. The number of furan rings is 1.